The number of aromatic nitrogens is 2. The molecule has 6 rings (SSSR count). The lowest BCUT2D eigenvalue weighted by Crippen LogP contribution is -2.29. The van der Waals surface area contributed by atoms with Crippen LogP contribution in [-0.2, 0) is 0 Å². The number of piperidine rings is 1. The SMILES string of the molecule is c1ccc(-c2cnc(-c3ccccc3-c3ncc(-c4ccc(N5CCCCC5)cc4)o3)o2)cc1. The molecule has 1 fully saturated rings. The van der Waals surface area contributed by atoms with E-state index < -0.39 is 0 Å². The van der Waals surface area contributed by atoms with Gasteiger partial charge in [-0.2, -0.15) is 0 Å². The van der Waals surface area contributed by atoms with Crippen molar-refractivity contribution >= 4 is 5.69 Å². The molecule has 0 amide bonds. The van der Waals surface area contributed by atoms with Crippen LogP contribution in [0.1, 0.15) is 19.3 Å². The van der Waals surface area contributed by atoms with Crippen molar-refractivity contribution in [1.82, 2.24) is 9.97 Å². The summed E-state index contributed by atoms with van der Waals surface area (Å²) in [5.41, 5.74) is 4.97. The molecular weight excluding hydrogens is 422 g/mol. The second kappa shape index (κ2) is 9.02. The molecule has 3 aromatic carbocycles. The third-order valence-electron chi connectivity index (χ3n) is 6.33. The number of benzene rings is 3. The first-order valence-corrected chi connectivity index (χ1v) is 11.8. The van der Waals surface area contributed by atoms with Gasteiger partial charge in [0.25, 0.3) is 0 Å². The van der Waals surface area contributed by atoms with Gasteiger partial charge in [-0.05, 0) is 55.7 Å². The maximum Gasteiger partial charge on any atom is 0.227 e. The molecule has 5 nitrogen and oxygen atoms in total. The molecule has 0 saturated carbocycles. The van der Waals surface area contributed by atoms with Crippen molar-refractivity contribution in [2.24, 2.45) is 0 Å². The zero-order valence-electron chi connectivity index (χ0n) is 18.9. The van der Waals surface area contributed by atoms with Crippen molar-refractivity contribution in [2.45, 2.75) is 19.3 Å². The molecule has 0 N–H and O–H groups in total. The van der Waals surface area contributed by atoms with Gasteiger partial charge in [0.15, 0.2) is 11.5 Å². The van der Waals surface area contributed by atoms with Crippen molar-refractivity contribution in [3.63, 3.8) is 0 Å². The van der Waals surface area contributed by atoms with Gasteiger partial charge in [-0.25, -0.2) is 9.97 Å². The maximum absolute atomic E-state index is 6.20. The highest BCUT2D eigenvalue weighted by molar-refractivity contribution is 5.77. The quantitative estimate of drug-likeness (QED) is 0.282. The summed E-state index contributed by atoms with van der Waals surface area (Å²) < 4.78 is 12.3. The van der Waals surface area contributed by atoms with E-state index in [0.29, 0.717) is 11.8 Å². The van der Waals surface area contributed by atoms with Gasteiger partial charge in [0, 0.05) is 41.0 Å². The van der Waals surface area contributed by atoms with Gasteiger partial charge in [0.05, 0.1) is 12.4 Å². The summed E-state index contributed by atoms with van der Waals surface area (Å²) in [6.07, 6.45) is 7.41. The molecule has 1 saturated heterocycles. The molecule has 0 unspecified atom stereocenters. The minimum absolute atomic E-state index is 0.542. The summed E-state index contributed by atoms with van der Waals surface area (Å²) >= 11 is 0. The number of hydrogen-bond donors (Lipinski definition) is 0. The lowest BCUT2D eigenvalue weighted by molar-refractivity contribution is 0.577. The number of nitrogens with zero attached hydrogens (tertiary/aromatic N) is 3. The fourth-order valence-corrected chi connectivity index (χ4v) is 4.51. The second-order valence-corrected chi connectivity index (χ2v) is 8.57. The Labute approximate surface area is 198 Å². The molecule has 1 aliphatic rings. The average Bonchev–Trinajstić information content (AvgIpc) is 3.61. The summed E-state index contributed by atoms with van der Waals surface area (Å²) in [6.45, 7) is 2.27. The lowest BCUT2D eigenvalue weighted by Gasteiger charge is -2.28. The predicted molar refractivity (Wildman–Crippen MR) is 134 cm³/mol. The molecule has 0 spiro atoms. The molecule has 168 valence electrons. The summed E-state index contributed by atoms with van der Waals surface area (Å²) in [7, 11) is 0. The summed E-state index contributed by atoms with van der Waals surface area (Å²) in [4.78, 5) is 11.6. The van der Waals surface area contributed by atoms with E-state index in [4.69, 9.17) is 8.83 Å². The van der Waals surface area contributed by atoms with Gasteiger partial charge in [0.1, 0.15) is 0 Å². The Hall–Kier alpha value is -4.12. The highest BCUT2D eigenvalue weighted by Gasteiger charge is 2.18. The van der Waals surface area contributed by atoms with Crippen molar-refractivity contribution < 1.29 is 8.83 Å². The Morgan fingerprint density at radius 1 is 0.559 bits per heavy atom. The van der Waals surface area contributed by atoms with Crippen molar-refractivity contribution in [3.8, 4) is 45.6 Å². The molecule has 0 bridgehead atoms. The van der Waals surface area contributed by atoms with E-state index in [1.807, 2.05) is 54.6 Å². The van der Waals surface area contributed by atoms with E-state index in [0.717, 1.165) is 46.9 Å². The third-order valence-corrected chi connectivity index (χ3v) is 6.33. The van der Waals surface area contributed by atoms with Crippen LogP contribution >= 0.6 is 0 Å². The molecule has 5 aromatic rings. The Morgan fingerprint density at radius 3 is 1.68 bits per heavy atom. The molecule has 1 aliphatic heterocycles. The molecule has 2 aromatic heterocycles. The third kappa shape index (κ3) is 4.01. The number of oxazole rings is 2. The molecule has 0 radical (unpaired) electrons. The van der Waals surface area contributed by atoms with Gasteiger partial charge >= 0.3 is 0 Å². The van der Waals surface area contributed by atoms with E-state index in [2.05, 4.69) is 39.1 Å². The fraction of sp³-hybridized carbons (Fsp3) is 0.172. The Morgan fingerprint density at radius 2 is 1.09 bits per heavy atom. The molecule has 5 heteroatoms. The van der Waals surface area contributed by atoms with Gasteiger partial charge in [-0.3, -0.25) is 0 Å². The number of hydrogen-bond acceptors (Lipinski definition) is 5. The second-order valence-electron chi connectivity index (χ2n) is 8.57. The first-order valence-electron chi connectivity index (χ1n) is 11.8. The van der Waals surface area contributed by atoms with Crippen LogP contribution in [0.2, 0.25) is 0 Å². The Bertz CT molecular complexity index is 1380. The van der Waals surface area contributed by atoms with Gasteiger partial charge in [0.2, 0.25) is 11.8 Å². The van der Waals surface area contributed by atoms with E-state index in [9.17, 15) is 0 Å². The highest BCUT2D eigenvalue weighted by Crippen LogP contribution is 2.35. The average molecular weight is 448 g/mol. The van der Waals surface area contributed by atoms with Gasteiger partial charge in [-0.1, -0.05) is 42.5 Å². The molecule has 0 aliphatic carbocycles. The van der Waals surface area contributed by atoms with Crippen LogP contribution in [0.4, 0.5) is 5.69 Å². The smallest absolute Gasteiger partial charge is 0.227 e. The van der Waals surface area contributed by atoms with Crippen LogP contribution in [0.15, 0.2) is 100 Å². The monoisotopic (exact) mass is 447 g/mol. The van der Waals surface area contributed by atoms with Crippen molar-refractivity contribution in [1.29, 1.82) is 0 Å². The van der Waals surface area contributed by atoms with Crippen LogP contribution in [0.25, 0.3) is 45.6 Å². The minimum atomic E-state index is 0.542. The first kappa shape index (κ1) is 20.5. The van der Waals surface area contributed by atoms with Crippen LogP contribution in [0, 0.1) is 0 Å². The zero-order chi connectivity index (χ0) is 22.7. The number of anilines is 1. The summed E-state index contributed by atoms with van der Waals surface area (Å²) in [5, 5.41) is 0. The van der Waals surface area contributed by atoms with Crippen molar-refractivity contribution in [2.75, 3.05) is 18.0 Å². The standard InChI is InChI=1S/C29H25N3O2/c1-3-9-21(10-4-1)26-19-30-28(33-26)24-11-5-6-12-25(24)29-31-20-27(34-29)22-13-15-23(16-14-22)32-17-7-2-8-18-32/h1,3-6,9-16,19-20H,2,7-8,17-18H2. The van der Waals surface area contributed by atoms with Gasteiger partial charge < -0.3 is 13.7 Å². The molecule has 3 heterocycles. The first-order chi connectivity index (χ1) is 16.8. The normalized spacial score (nSPS) is 13.8. The molecule has 0 atom stereocenters. The maximum atomic E-state index is 6.20. The summed E-state index contributed by atoms with van der Waals surface area (Å²) in [5.74, 6) is 2.56. The topological polar surface area (TPSA) is 55.3 Å². The lowest BCUT2D eigenvalue weighted by atomic mass is 10.1. The van der Waals surface area contributed by atoms with Crippen LogP contribution in [0.3, 0.4) is 0 Å². The van der Waals surface area contributed by atoms with E-state index in [-0.39, 0.29) is 0 Å². The molecule has 34 heavy (non-hydrogen) atoms. The zero-order valence-corrected chi connectivity index (χ0v) is 18.9. The van der Waals surface area contributed by atoms with Crippen molar-refractivity contribution in [3.05, 3.63) is 91.3 Å². The predicted octanol–water partition coefficient (Wildman–Crippen LogP) is 7.32. The number of rotatable bonds is 5. The largest absolute Gasteiger partial charge is 0.436 e. The molecular formula is C29H25N3O2. The van der Waals surface area contributed by atoms with Crippen LogP contribution in [0.5, 0.6) is 0 Å². The van der Waals surface area contributed by atoms with Crippen LogP contribution in [-0.4, -0.2) is 23.1 Å². The highest BCUT2D eigenvalue weighted by atomic mass is 16.4. The van der Waals surface area contributed by atoms with E-state index in [1.54, 1.807) is 12.4 Å². The fourth-order valence-electron chi connectivity index (χ4n) is 4.51. The Balaban J connectivity index is 1.28. The summed E-state index contributed by atoms with van der Waals surface area (Å²) in [6, 6.07) is 26.4. The Kier molecular flexibility index (Phi) is 5.44. The minimum Gasteiger partial charge on any atom is -0.436 e. The van der Waals surface area contributed by atoms with E-state index >= 15 is 0 Å². The van der Waals surface area contributed by atoms with E-state index in [1.165, 1.54) is 24.9 Å². The van der Waals surface area contributed by atoms with Gasteiger partial charge in [-0.15, -0.1) is 0 Å². The van der Waals surface area contributed by atoms with Crippen LogP contribution < -0.4 is 4.90 Å².